The zero-order valence-electron chi connectivity index (χ0n) is 9.28. The summed E-state index contributed by atoms with van der Waals surface area (Å²) in [5.41, 5.74) is 1.53. The largest absolute Gasteiger partial charge is 0.396 e. The maximum absolute atomic E-state index is 11.9. The fourth-order valence-electron chi connectivity index (χ4n) is 1.97. The first kappa shape index (κ1) is 12.8. The number of anilines is 1. The lowest BCUT2D eigenvalue weighted by Gasteiger charge is -2.20. The highest BCUT2D eigenvalue weighted by atomic mass is 79.9. The van der Waals surface area contributed by atoms with E-state index in [2.05, 4.69) is 20.9 Å². The minimum atomic E-state index is -0.0195. The lowest BCUT2D eigenvalue weighted by Crippen LogP contribution is -2.26. The van der Waals surface area contributed by atoms with E-state index in [1.165, 1.54) is 0 Å². The molecule has 1 aromatic rings. The third-order valence-electron chi connectivity index (χ3n) is 2.93. The van der Waals surface area contributed by atoms with Crippen LogP contribution in [-0.4, -0.2) is 29.1 Å². The van der Waals surface area contributed by atoms with Crippen LogP contribution in [0.5, 0.6) is 0 Å². The molecule has 1 amide bonds. The van der Waals surface area contributed by atoms with Crippen LogP contribution >= 0.6 is 27.5 Å². The van der Waals surface area contributed by atoms with E-state index in [9.17, 15) is 4.79 Å². The van der Waals surface area contributed by atoms with Gasteiger partial charge in [0.1, 0.15) is 0 Å². The summed E-state index contributed by atoms with van der Waals surface area (Å²) in [5.74, 6) is -0.0362. The number of carbonyl (C=O) groups is 1. The molecule has 0 radical (unpaired) electrons. The quantitative estimate of drug-likeness (QED) is 0.850. The molecule has 1 aromatic heterocycles. The summed E-state index contributed by atoms with van der Waals surface area (Å²) in [5, 5.41) is 9.42. The van der Waals surface area contributed by atoms with E-state index >= 15 is 0 Å². The van der Waals surface area contributed by atoms with Gasteiger partial charge in [-0.05, 0) is 28.4 Å². The molecule has 1 aliphatic heterocycles. The Morgan fingerprint density at radius 3 is 3.00 bits per heavy atom. The fourth-order valence-corrected chi connectivity index (χ4v) is 2.56. The zero-order valence-corrected chi connectivity index (χ0v) is 11.6. The Balaban J connectivity index is 2.41. The number of rotatable bonds is 2. The Morgan fingerprint density at radius 1 is 1.71 bits per heavy atom. The minimum Gasteiger partial charge on any atom is -0.396 e. The number of aliphatic hydroxyl groups excluding tert-OH is 1. The lowest BCUT2D eigenvalue weighted by atomic mass is 10.1. The van der Waals surface area contributed by atoms with Crippen LogP contribution in [0.25, 0.3) is 0 Å². The highest BCUT2D eigenvalue weighted by Gasteiger charge is 2.32. The molecule has 1 saturated heterocycles. The maximum Gasteiger partial charge on any atom is 0.227 e. The number of hydrogen-bond acceptors (Lipinski definition) is 3. The molecular formula is C11H12BrClN2O2. The minimum absolute atomic E-state index is 0.0142. The van der Waals surface area contributed by atoms with Gasteiger partial charge in [0.15, 0.2) is 5.15 Å². The predicted octanol–water partition coefficient (Wildman–Crippen LogP) is 2.15. The molecule has 0 bridgehead atoms. The molecule has 0 saturated carbocycles. The van der Waals surface area contributed by atoms with Crippen LogP contribution in [0.15, 0.2) is 10.7 Å². The van der Waals surface area contributed by atoms with Gasteiger partial charge in [0.25, 0.3) is 0 Å². The van der Waals surface area contributed by atoms with Gasteiger partial charge in [-0.1, -0.05) is 11.6 Å². The van der Waals surface area contributed by atoms with Gasteiger partial charge in [0, 0.05) is 36.2 Å². The summed E-state index contributed by atoms with van der Waals surface area (Å²) in [6.45, 7) is 2.39. The number of nitrogens with zero attached hydrogens (tertiary/aromatic N) is 2. The third kappa shape index (κ3) is 2.32. The molecule has 0 spiro atoms. The van der Waals surface area contributed by atoms with E-state index < -0.39 is 0 Å². The van der Waals surface area contributed by atoms with Gasteiger partial charge in [-0.3, -0.25) is 4.79 Å². The molecule has 1 N–H and O–H groups in total. The Bertz CT molecular complexity index is 467. The van der Waals surface area contributed by atoms with Crippen molar-refractivity contribution in [2.75, 3.05) is 18.1 Å². The standard InChI is InChI=1S/C11H12BrClN2O2/c1-6-8(12)3-14-11(13)10(6)15-4-7(5-16)2-9(15)17/h3,7,16H,2,4-5H2,1H3. The fraction of sp³-hybridized carbons (Fsp3) is 0.455. The number of amides is 1. The van der Waals surface area contributed by atoms with Crippen LogP contribution < -0.4 is 4.90 Å². The third-order valence-corrected chi connectivity index (χ3v) is 4.01. The number of aromatic nitrogens is 1. The first-order valence-corrected chi connectivity index (χ1v) is 6.43. The molecule has 2 heterocycles. The van der Waals surface area contributed by atoms with Crippen molar-refractivity contribution < 1.29 is 9.90 Å². The van der Waals surface area contributed by atoms with Crippen molar-refractivity contribution in [1.29, 1.82) is 0 Å². The van der Waals surface area contributed by atoms with Crippen LogP contribution in [0.3, 0.4) is 0 Å². The summed E-state index contributed by atoms with van der Waals surface area (Å²) < 4.78 is 0.817. The van der Waals surface area contributed by atoms with Crippen molar-refractivity contribution in [2.45, 2.75) is 13.3 Å². The lowest BCUT2D eigenvalue weighted by molar-refractivity contribution is -0.117. The maximum atomic E-state index is 11.9. The molecule has 1 fully saturated rings. The Hall–Kier alpha value is -0.650. The first-order chi connectivity index (χ1) is 8.04. The monoisotopic (exact) mass is 318 g/mol. The number of halogens is 2. The summed E-state index contributed by atoms with van der Waals surface area (Å²) in [7, 11) is 0. The van der Waals surface area contributed by atoms with Gasteiger partial charge in [-0.15, -0.1) is 0 Å². The van der Waals surface area contributed by atoms with Gasteiger partial charge in [0.2, 0.25) is 5.91 Å². The van der Waals surface area contributed by atoms with Crippen molar-refractivity contribution in [2.24, 2.45) is 5.92 Å². The normalized spacial score (nSPS) is 20.1. The molecule has 17 heavy (non-hydrogen) atoms. The van der Waals surface area contributed by atoms with Crippen molar-refractivity contribution in [1.82, 2.24) is 4.98 Å². The van der Waals surface area contributed by atoms with E-state index in [1.807, 2.05) is 6.92 Å². The Labute approximate surface area is 113 Å². The first-order valence-electron chi connectivity index (χ1n) is 5.26. The van der Waals surface area contributed by atoms with Crippen molar-refractivity contribution in [3.8, 4) is 0 Å². The van der Waals surface area contributed by atoms with Crippen LogP contribution in [0, 0.1) is 12.8 Å². The summed E-state index contributed by atoms with van der Waals surface area (Å²) in [6, 6.07) is 0. The van der Waals surface area contributed by atoms with E-state index in [0.717, 1.165) is 10.0 Å². The number of carbonyl (C=O) groups excluding carboxylic acids is 1. The van der Waals surface area contributed by atoms with Crippen LogP contribution in [0.4, 0.5) is 5.69 Å². The molecular weight excluding hydrogens is 307 g/mol. The van der Waals surface area contributed by atoms with Gasteiger partial charge in [-0.2, -0.15) is 0 Å². The SMILES string of the molecule is Cc1c(Br)cnc(Cl)c1N1CC(CO)CC1=O. The molecule has 0 aromatic carbocycles. The average Bonchev–Trinajstić information content (AvgIpc) is 2.66. The Kier molecular flexibility index (Phi) is 3.70. The van der Waals surface area contributed by atoms with Gasteiger partial charge in [-0.25, -0.2) is 4.98 Å². The molecule has 2 rings (SSSR count). The summed E-state index contributed by atoms with van der Waals surface area (Å²) in [6.07, 6.45) is 1.98. The van der Waals surface area contributed by atoms with Crippen molar-refractivity contribution >= 4 is 39.1 Å². The molecule has 4 nitrogen and oxygen atoms in total. The summed E-state index contributed by atoms with van der Waals surface area (Å²) >= 11 is 9.42. The number of aliphatic hydroxyl groups is 1. The van der Waals surface area contributed by atoms with Gasteiger partial charge in [0.05, 0.1) is 5.69 Å². The predicted molar refractivity (Wildman–Crippen MR) is 69.2 cm³/mol. The molecule has 1 unspecified atom stereocenters. The average molecular weight is 320 g/mol. The Morgan fingerprint density at radius 2 is 2.41 bits per heavy atom. The molecule has 0 aliphatic carbocycles. The van der Waals surface area contributed by atoms with E-state index in [1.54, 1.807) is 11.1 Å². The van der Waals surface area contributed by atoms with E-state index in [0.29, 0.717) is 23.8 Å². The topological polar surface area (TPSA) is 53.4 Å². The van der Waals surface area contributed by atoms with Crippen LogP contribution in [0.1, 0.15) is 12.0 Å². The molecule has 1 atom stereocenters. The van der Waals surface area contributed by atoms with Crippen LogP contribution in [0.2, 0.25) is 5.15 Å². The smallest absolute Gasteiger partial charge is 0.227 e. The van der Waals surface area contributed by atoms with E-state index in [4.69, 9.17) is 16.7 Å². The van der Waals surface area contributed by atoms with E-state index in [-0.39, 0.29) is 18.4 Å². The second kappa shape index (κ2) is 4.92. The summed E-state index contributed by atoms with van der Waals surface area (Å²) in [4.78, 5) is 17.5. The van der Waals surface area contributed by atoms with Crippen LogP contribution in [-0.2, 0) is 4.79 Å². The van der Waals surface area contributed by atoms with Crippen molar-refractivity contribution in [3.05, 3.63) is 21.4 Å². The molecule has 6 heteroatoms. The molecule has 1 aliphatic rings. The number of hydrogen-bond donors (Lipinski definition) is 1. The second-order valence-corrected chi connectivity index (χ2v) is 5.34. The van der Waals surface area contributed by atoms with Crippen molar-refractivity contribution in [3.63, 3.8) is 0 Å². The highest BCUT2D eigenvalue weighted by molar-refractivity contribution is 9.10. The second-order valence-electron chi connectivity index (χ2n) is 4.13. The number of pyridine rings is 1. The zero-order chi connectivity index (χ0) is 12.6. The molecule has 92 valence electrons. The van der Waals surface area contributed by atoms with Gasteiger partial charge >= 0.3 is 0 Å². The highest BCUT2D eigenvalue weighted by Crippen LogP contribution is 2.35. The van der Waals surface area contributed by atoms with Gasteiger partial charge < -0.3 is 10.0 Å².